The first-order chi connectivity index (χ1) is 9.99. The molecule has 2 bridgehead atoms. The van der Waals surface area contributed by atoms with Gasteiger partial charge in [-0.25, -0.2) is 9.59 Å². The molecule has 3 heterocycles. The van der Waals surface area contributed by atoms with Crippen LogP contribution in [0.5, 0.6) is 0 Å². The summed E-state index contributed by atoms with van der Waals surface area (Å²) in [4.78, 5) is 36.4. The summed E-state index contributed by atoms with van der Waals surface area (Å²) in [6.07, 6.45) is 1.71. The number of carboxylic acid groups (broad SMARTS) is 1. The van der Waals surface area contributed by atoms with E-state index in [1.807, 2.05) is 0 Å². The number of carboxylic acids is 1. The van der Waals surface area contributed by atoms with Gasteiger partial charge in [-0.15, -0.1) is 0 Å². The van der Waals surface area contributed by atoms with Crippen LogP contribution >= 0.6 is 0 Å². The summed E-state index contributed by atoms with van der Waals surface area (Å²) in [5.74, 6) is -1.49. The van der Waals surface area contributed by atoms with Crippen molar-refractivity contribution in [2.24, 2.45) is 5.92 Å². The van der Waals surface area contributed by atoms with Crippen LogP contribution in [0.4, 0.5) is 4.79 Å². The first kappa shape index (κ1) is 15.6. The molecule has 2 atom stereocenters. The predicted octanol–water partition coefficient (Wildman–Crippen LogP) is -0.604. The van der Waals surface area contributed by atoms with Gasteiger partial charge in [-0.1, -0.05) is 0 Å². The van der Waals surface area contributed by atoms with Gasteiger partial charge in [-0.3, -0.25) is 4.79 Å². The number of nitrogens with zero attached hydrogens (tertiary/aromatic N) is 1. The standard InChI is InChI=1S/C13H21N3O5/c1-21-11(17)6-9(12(18)19)14-13(20)15-10-7-16-4-2-8(10)3-5-16/h8-10H,2-7H2,1H3,(H,18,19)(H2,14,15,20)/t9-,10?/m0/s1. The highest BCUT2D eigenvalue weighted by molar-refractivity contribution is 5.86. The van der Waals surface area contributed by atoms with Gasteiger partial charge in [0.2, 0.25) is 0 Å². The van der Waals surface area contributed by atoms with Crippen molar-refractivity contribution in [3.05, 3.63) is 0 Å². The number of amides is 2. The number of hydrogen-bond donors (Lipinski definition) is 3. The molecule has 3 fully saturated rings. The van der Waals surface area contributed by atoms with Gasteiger partial charge in [0, 0.05) is 12.6 Å². The van der Waals surface area contributed by atoms with Crippen LogP contribution in [0, 0.1) is 5.92 Å². The van der Waals surface area contributed by atoms with Gasteiger partial charge < -0.3 is 25.4 Å². The lowest BCUT2D eigenvalue weighted by molar-refractivity contribution is -0.147. The number of nitrogens with one attached hydrogen (secondary N) is 2. The predicted molar refractivity (Wildman–Crippen MR) is 72.7 cm³/mol. The summed E-state index contributed by atoms with van der Waals surface area (Å²) < 4.78 is 4.42. The number of piperidine rings is 3. The minimum Gasteiger partial charge on any atom is -0.480 e. The molecule has 0 spiro atoms. The van der Waals surface area contributed by atoms with E-state index in [-0.39, 0.29) is 12.5 Å². The Hall–Kier alpha value is -1.83. The number of esters is 1. The average molecular weight is 299 g/mol. The SMILES string of the molecule is COC(=O)C[C@H](NC(=O)NC1CN2CCC1CC2)C(=O)O. The van der Waals surface area contributed by atoms with Gasteiger partial charge in [0.1, 0.15) is 6.04 Å². The van der Waals surface area contributed by atoms with Crippen molar-refractivity contribution >= 4 is 18.0 Å². The van der Waals surface area contributed by atoms with Crippen LogP contribution in [0.25, 0.3) is 0 Å². The Balaban J connectivity index is 1.84. The molecule has 3 N–H and O–H groups in total. The molecule has 0 saturated carbocycles. The fraction of sp³-hybridized carbons (Fsp3) is 0.769. The van der Waals surface area contributed by atoms with E-state index in [1.54, 1.807) is 0 Å². The summed E-state index contributed by atoms with van der Waals surface area (Å²) in [5.41, 5.74) is 0. The van der Waals surface area contributed by atoms with Crippen molar-refractivity contribution in [2.75, 3.05) is 26.7 Å². The normalized spacial score (nSPS) is 28.5. The first-order valence-corrected chi connectivity index (χ1v) is 7.08. The van der Waals surface area contributed by atoms with Crippen LogP contribution in [0.2, 0.25) is 0 Å². The van der Waals surface area contributed by atoms with E-state index in [1.165, 1.54) is 7.11 Å². The van der Waals surface area contributed by atoms with E-state index in [0.717, 1.165) is 32.5 Å². The van der Waals surface area contributed by atoms with Crippen molar-refractivity contribution in [3.63, 3.8) is 0 Å². The van der Waals surface area contributed by atoms with Crippen molar-refractivity contribution < 1.29 is 24.2 Å². The minimum absolute atomic E-state index is 0.0417. The number of fused-ring (bicyclic) bond motifs is 3. The second-order valence-electron chi connectivity index (χ2n) is 5.53. The van der Waals surface area contributed by atoms with Gasteiger partial charge in [-0.05, 0) is 31.8 Å². The summed E-state index contributed by atoms with van der Waals surface area (Å²) in [6, 6.07) is -1.79. The van der Waals surface area contributed by atoms with Crippen LogP contribution in [0.1, 0.15) is 19.3 Å². The lowest BCUT2D eigenvalue weighted by Crippen LogP contribution is -2.60. The Morgan fingerprint density at radius 3 is 2.48 bits per heavy atom. The van der Waals surface area contributed by atoms with E-state index in [9.17, 15) is 14.4 Å². The van der Waals surface area contributed by atoms with E-state index in [4.69, 9.17) is 5.11 Å². The Morgan fingerprint density at radius 1 is 1.33 bits per heavy atom. The molecular formula is C13H21N3O5. The third-order valence-electron chi connectivity index (χ3n) is 4.17. The van der Waals surface area contributed by atoms with Gasteiger partial charge in [0.15, 0.2) is 0 Å². The van der Waals surface area contributed by atoms with Crippen molar-refractivity contribution in [3.8, 4) is 0 Å². The molecular weight excluding hydrogens is 278 g/mol. The molecule has 0 aromatic heterocycles. The number of rotatable bonds is 5. The second-order valence-corrected chi connectivity index (χ2v) is 5.53. The quantitative estimate of drug-likeness (QED) is 0.585. The van der Waals surface area contributed by atoms with Crippen LogP contribution in [-0.2, 0) is 14.3 Å². The lowest BCUT2D eigenvalue weighted by Gasteiger charge is -2.44. The Labute approximate surface area is 122 Å². The lowest BCUT2D eigenvalue weighted by atomic mass is 9.84. The summed E-state index contributed by atoms with van der Waals surface area (Å²) in [5, 5.41) is 14.2. The molecule has 8 nitrogen and oxygen atoms in total. The molecule has 0 aromatic rings. The zero-order chi connectivity index (χ0) is 15.4. The summed E-state index contributed by atoms with van der Waals surface area (Å²) >= 11 is 0. The van der Waals surface area contributed by atoms with Crippen LogP contribution in [0.3, 0.4) is 0 Å². The summed E-state index contributed by atoms with van der Waals surface area (Å²) in [7, 11) is 1.18. The molecule has 3 saturated heterocycles. The van der Waals surface area contributed by atoms with Crippen LogP contribution in [0.15, 0.2) is 0 Å². The molecule has 2 amide bonds. The number of carbonyl (C=O) groups excluding carboxylic acids is 2. The molecule has 0 aliphatic carbocycles. The van der Waals surface area contributed by atoms with E-state index in [0.29, 0.717) is 5.92 Å². The Morgan fingerprint density at radius 2 is 2.00 bits per heavy atom. The van der Waals surface area contributed by atoms with Gasteiger partial charge in [0.05, 0.1) is 13.5 Å². The number of urea groups is 1. The molecule has 118 valence electrons. The largest absolute Gasteiger partial charge is 0.480 e. The fourth-order valence-corrected chi connectivity index (χ4v) is 2.95. The minimum atomic E-state index is -1.28. The van der Waals surface area contributed by atoms with E-state index < -0.39 is 24.0 Å². The van der Waals surface area contributed by atoms with Crippen LogP contribution in [-0.4, -0.2) is 66.8 Å². The number of methoxy groups -OCH3 is 1. The molecule has 3 aliphatic heterocycles. The number of aliphatic carboxylic acids is 1. The van der Waals surface area contributed by atoms with Gasteiger partial charge in [-0.2, -0.15) is 0 Å². The third-order valence-corrected chi connectivity index (χ3v) is 4.17. The zero-order valence-corrected chi connectivity index (χ0v) is 12.0. The van der Waals surface area contributed by atoms with E-state index in [2.05, 4.69) is 20.3 Å². The van der Waals surface area contributed by atoms with Crippen molar-refractivity contribution in [2.45, 2.75) is 31.3 Å². The first-order valence-electron chi connectivity index (χ1n) is 7.08. The Bertz CT molecular complexity index is 420. The maximum absolute atomic E-state index is 11.9. The Kier molecular flexibility index (Phi) is 5.00. The molecule has 0 aromatic carbocycles. The molecule has 0 radical (unpaired) electrons. The molecule has 8 heteroatoms. The summed E-state index contributed by atoms with van der Waals surface area (Å²) in [6.45, 7) is 2.92. The number of ether oxygens (including phenoxy) is 1. The van der Waals surface area contributed by atoms with Gasteiger partial charge in [0.25, 0.3) is 0 Å². The molecule has 21 heavy (non-hydrogen) atoms. The highest BCUT2D eigenvalue weighted by Gasteiger charge is 2.35. The maximum Gasteiger partial charge on any atom is 0.326 e. The van der Waals surface area contributed by atoms with Crippen LogP contribution < -0.4 is 10.6 Å². The average Bonchev–Trinajstić information content (AvgIpc) is 2.47. The molecule has 3 aliphatic rings. The van der Waals surface area contributed by atoms with Gasteiger partial charge >= 0.3 is 18.0 Å². The molecule has 1 unspecified atom stereocenters. The zero-order valence-electron chi connectivity index (χ0n) is 12.0. The van der Waals surface area contributed by atoms with E-state index >= 15 is 0 Å². The topological polar surface area (TPSA) is 108 Å². The second kappa shape index (κ2) is 6.75. The molecule has 3 rings (SSSR count). The maximum atomic E-state index is 11.9. The monoisotopic (exact) mass is 299 g/mol. The smallest absolute Gasteiger partial charge is 0.326 e. The highest BCUT2D eigenvalue weighted by Crippen LogP contribution is 2.27. The van der Waals surface area contributed by atoms with Crippen molar-refractivity contribution in [1.82, 2.24) is 15.5 Å². The fourth-order valence-electron chi connectivity index (χ4n) is 2.95. The van der Waals surface area contributed by atoms with Crippen molar-refractivity contribution in [1.29, 1.82) is 0 Å². The highest BCUT2D eigenvalue weighted by atomic mass is 16.5. The third kappa shape index (κ3) is 4.07. The number of hydrogen-bond acceptors (Lipinski definition) is 5. The number of carbonyl (C=O) groups is 3.